The van der Waals surface area contributed by atoms with Gasteiger partial charge in [-0.05, 0) is 44.0 Å². The monoisotopic (exact) mass is 398 g/mol. The van der Waals surface area contributed by atoms with Crippen LogP contribution in [0.4, 0.5) is 5.69 Å². The molecular weight excluding hydrogens is 376 g/mol. The van der Waals surface area contributed by atoms with E-state index in [0.29, 0.717) is 23.0 Å². The number of aromatic nitrogens is 5. The van der Waals surface area contributed by atoms with Gasteiger partial charge in [0.05, 0.1) is 28.4 Å². The molecule has 7 nitrogen and oxygen atoms in total. The number of tetrazole rings is 1. The van der Waals surface area contributed by atoms with Gasteiger partial charge >= 0.3 is 0 Å². The van der Waals surface area contributed by atoms with Crippen molar-refractivity contribution in [3.05, 3.63) is 52.8 Å². The molecule has 3 rings (SSSR count). The Bertz CT molecular complexity index is 975. The molecule has 0 saturated heterocycles. The molecule has 1 N–H and O–H groups in total. The van der Waals surface area contributed by atoms with Crippen molar-refractivity contribution < 1.29 is 4.79 Å². The van der Waals surface area contributed by atoms with Crippen LogP contribution in [0, 0.1) is 0 Å². The number of amides is 1. The SMILES string of the molecule is CCc1nccc(NC(=O)Cc2ccc(-c3nnn(C(C)(C)C)n3)cc2)c1Cl. The molecule has 2 aromatic heterocycles. The Morgan fingerprint density at radius 3 is 2.50 bits per heavy atom. The van der Waals surface area contributed by atoms with E-state index in [0.717, 1.165) is 16.8 Å². The molecule has 8 heteroatoms. The van der Waals surface area contributed by atoms with Gasteiger partial charge in [0, 0.05) is 11.8 Å². The van der Waals surface area contributed by atoms with E-state index in [1.54, 1.807) is 17.1 Å². The largest absolute Gasteiger partial charge is 0.324 e. The summed E-state index contributed by atoms with van der Waals surface area (Å²) in [4.78, 5) is 18.2. The van der Waals surface area contributed by atoms with Gasteiger partial charge < -0.3 is 5.32 Å². The Morgan fingerprint density at radius 1 is 1.18 bits per heavy atom. The molecule has 0 aliphatic carbocycles. The zero-order valence-corrected chi connectivity index (χ0v) is 17.2. The summed E-state index contributed by atoms with van der Waals surface area (Å²) in [6, 6.07) is 9.26. The number of nitrogens with one attached hydrogen (secondary N) is 1. The van der Waals surface area contributed by atoms with E-state index in [-0.39, 0.29) is 17.9 Å². The van der Waals surface area contributed by atoms with Gasteiger partial charge in [-0.3, -0.25) is 9.78 Å². The Balaban J connectivity index is 1.67. The molecule has 0 aliphatic rings. The number of benzene rings is 1. The lowest BCUT2D eigenvalue weighted by molar-refractivity contribution is -0.115. The molecular formula is C20H23ClN6O. The van der Waals surface area contributed by atoms with Crippen LogP contribution in [-0.2, 0) is 23.2 Å². The summed E-state index contributed by atoms with van der Waals surface area (Å²) >= 11 is 6.28. The third kappa shape index (κ3) is 4.54. The predicted molar refractivity (Wildman–Crippen MR) is 109 cm³/mol. The van der Waals surface area contributed by atoms with Crippen LogP contribution in [0.1, 0.15) is 39.0 Å². The fourth-order valence-corrected chi connectivity index (χ4v) is 2.89. The van der Waals surface area contributed by atoms with E-state index in [1.165, 1.54) is 0 Å². The second-order valence-electron chi connectivity index (χ2n) is 7.47. The molecule has 0 saturated carbocycles. The number of carbonyl (C=O) groups is 1. The number of rotatable bonds is 5. The van der Waals surface area contributed by atoms with Gasteiger partial charge in [-0.25, -0.2) is 0 Å². The van der Waals surface area contributed by atoms with E-state index in [9.17, 15) is 4.79 Å². The highest BCUT2D eigenvalue weighted by Gasteiger charge is 2.17. The molecule has 0 spiro atoms. The van der Waals surface area contributed by atoms with Gasteiger partial charge in [0.25, 0.3) is 0 Å². The minimum atomic E-state index is -0.227. The zero-order valence-electron chi connectivity index (χ0n) is 16.4. The minimum absolute atomic E-state index is 0.139. The normalized spacial score (nSPS) is 11.5. The van der Waals surface area contributed by atoms with Crippen LogP contribution in [0.15, 0.2) is 36.5 Å². The van der Waals surface area contributed by atoms with Crippen LogP contribution in [0.2, 0.25) is 5.02 Å². The zero-order chi connectivity index (χ0) is 20.3. The lowest BCUT2D eigenvalue weighted by Gasteiger charge is -2.15. The van der Waals surface area contributed by atoms with E-state index in [4.69, 9.17) is 11.6 Å². The number of anilines is 1. The van der Waals surface area contributed by atoms with Gasteiger partial charge in [0.15, 0.2) is 0 Å². The summed E-state index contributed by atoms with van der Waals surface area (Å²) in [6.07, 6.45) is 2.59. The van der Waals surface area contributed by atoms with E-state index in [2.05, 4.69) is 25.7 Å². The highest BCUT2D eigenvalue weighted by Crippen LogP contribution is 2.25. The second-order valence-corrected chi connectivity index (χ2v) is 7.85. The second kappa shape index (κ2) is 8.06. The first-order valence-electron chi connectivity index (χ1n) is 9.11. The third-order valence-corrected chi connectivity index (χ3v) is 4.58. The molecule has 1 aromatic carbocycles. The highest BCUT2D eigenvalue weighted by molar-refractivity contribution is 6.34. The van der Waals surface area contributed by atoms with Gasteiger partial charge in [-0.2, -0.15) is 4.80 Å². The maximum Gasteiger partial charge on any atom is 0.228 e. The van der Waals surface area contributed by atoms with Crippen LogP contribution in [0.5, 0.6) is 0 Å². The number of aryl methyl sites for hydroxylation is 1. The minimum Gasteiger partial charge on any atom is -0.324 e. The Morgan fingerprint density at radius 2 is 1.89 bits per heavy atom. The molecule has 2 heterocycles. The molecule has 0 fully saturated rings. The summed E-state index contributed by atoms with van der Waals surface area (Å²) in [7, 11) is 0. The van der Waals surface area contributed by atoms with Gasteiger partial charge in [-0.15, -0.1) is 10.2 Å². The maximum absolute atomic E-state index is 12.4. The molecule has 0 radical (unpaired) electrons. The van der Waals surface area contributed by atoms with Crippen LogP contribution < -0.4 is 5.32 Å². The van der Waals surface area contributed by atoms with E-state index in [1.807, 2.05) is 52.0 Å². The van der Waals surface area contributed by atoms with Crippen molar-refractivity contribution in [1.82, 2.24) is 25.2 Å². The lowest BCUT2D eigenvalue weighted by atomic mass is 10.1. The molecule has 0 unspecified atom stereocenters. The third-order valence-electron chi connectivity index (χ3n) is 4.16. The summed E-state index contributed by atoms with van der Waals surface area (Å²) in [5.74, 6) is 0.418. The van der Waals surface area contributed by atoms with Gasteiger partial charge in [0.2, 0.25) is 11.7 Å². The average Bonchev–Trinajstić information content (AvgIpc) is 3.15. The fraction of sp³-hybridized carbons (Fsp3) is 0.350. The van der Waals surface area contributed by atoms with Crippen molar-refractivity contribution in [2.75, 3.05) is 5.32 Å². The summed E-state index contributed by atoms with van der Waals surface area (Å²) in [6.45, 7) is 8.01. The first kappa shape index (κ1) is 19.9. The van der Waals surface area contributed by atoms with Gasteiger partial charge in [-0.1, -0.05) is 42.8 Å². The topological polar surface area (TPSA) is 85.6 Å². The van der Waals surface area contributed by atoms with E-state index >= 15 is 0 Å². The average molecular weight is 399 g/mol. The van der Waals surface area contributed by atoms with Crippen molar-refractivity contribution >= 4 is 23.2 Å². The fourth-order valence-electron chi connectivity index (χ4n) is 2.60. The molecule has 0 aliphatic heterocycles. The smallest absolute Gasteiger partial charge is 0.228 e. The Kier molecular flexibility index (Phi) is 5.74. The predicted octanol–water partition coefficient (Wildman–Crippen LogP) is 3.89. The number of nitrogens with zero attached hydrogens (tertiary/aromatic N) is 5. The summed E-state index contributed by atoms with van der Waals surface area (Å²) < 4.78 is 0. The molecule has 3 aromatic rings. The van der Waals surface area contributed by atoms with Crippen molar-refractivity contribution in [2.45, 2.75) is 46.1 Å². The summed E-state index contributed by atoms with van der Waals surface area (Å²) in [5, 5.41) is 16.0. The molecule has 146 valence electrons. The van der Waals surface area contributed by atoms with E-state index < -0.39 is 0 Å². The van der Waals surface area contributed by atoms with Crippen LogP contribution in [0.3, 0.4) is 0 Å². The van der Waals surface area contributed by atoms with Crippen LogP contribution >= 0.6 is 11.6 Å². The Labute approximate surface area is 169 Å². The number of hydrogen-bond donors (Lipinski definition) is 1. The van der Waals surface area contributed by atoms with Crippen LogP contribution in [0.25, 0.3) is 11.4 Å². The van der Waals surface area contributed by atoms with Crippen molar-refractivity contribution in [2.24, 2.45) is 0 Å². The Hall–Kier alpha value is -2.80. The molecule has 0 atom stereocenters. The molecule has 1 amide bonds. The first-order valence-corrected chi connectivity index (χ1v) is 9.48. The highest BCUT2D eigenvalue weighted by atomic mass is 35.5. The molecule has 28 heavy (non-hydrogen) atoms. The van der Waals surface area contributed by atoms with Gasteiger partial charge in [0.1, 0.15) is 0 Å². The summed E-state index contributed by atoms with van der Waals surface area (Å²) in [5.41, 5.74) is 2.85. The first-order chi connectivity index (χ1) is 13.3. The van der Waals surface area contributed by atoms with Crippen molar-refractivity contribution in [3.63, 3.8) is 0 Å². The quantitative estimate of drug-likeness (QED) is 0.704. The van der Waals surface area contributed by atoms with Crippen molar-refractivity contribution in [1.29, 1.82) is 0 Å². The van der Waals surface area contributed by atoms with Crippen molar-refractivity contribution in [3.8, 4) is 11.4 Å². The lowest BCUT2D eigenvalue weighted by Crippen LogP contribution is -2.24. The standard InChI is InChI=1S/C20H23ClN6O/c1-5-15-18(21)16(10-11-22-15)23-17(28)12-13-6-8-14(9-7-13)19-24-26-27(25-19)20(2,3)4/h6-11H,5,12H2,1-4H3,(H,22,23,28). The number of pyridine rings is 1. The number of hydrogen-bond acceptors (Lipinski definition) is 5. The maximum atomic E-state index is 12.4. The number of carbonyl (C=O) groups excluding carboxylic acids is 1. The molecule has 0 bridgehead atoms. The van der Waals surface area contributed by atoms with Crippen LogP contribution in [-0.4, -0.2) is 31.1 Å². The number of halogens is 1.